The molecule has 0 amide bonds. The second-order valence-electron chi connectivity index (χ2n) is 7.25. The summed E-state index contributed by atoms with van der Waals surface area (Å²) in [5.74, 6) is 0.419. The van der Waals surface area contributed by atoms with E-state index in [1.807, 2.05) is 24.3 Å². The first-order valence-corrected chi connectivity index (χ1v) is 9.02. The van der Waals surface area contributed by atoms with Crippen LogP contribution in [-0.4, -0.2) is 0 Å². The highest BCUT2D eigenvalue weighted by Gasteiger charge is 2.08. The molecule has 0 aliphatic carbocycles. The monoisotopic (exact) mass is 345 g/mol. The summed E-state index contributed by atoms with van der Waals surface area (Å²) in [6.45, 7) is 4.34. The zero-order valence-corrected chi connectivity index (χ0v) is 15.5. The zero-order valence-electron chi connectivity index (χ0n) is 15.5. The molecule has 0 spiro atoms. The molecule has 134 valence electrons. The van der Waals surface area contributed by atoms with Gasteiger partial charge in [0.25, 0.3) is 0 Å². The molecule has 26 heavy (non-hydrogen) atoms. The summed E-state index contributed by atoms with van der Waals surface area (Å²) in [7, 11) is 0. The summed E-state index contributed by atoms with van der Waals surface area (Å²) in [4.78, 5) is 0. The smallest absolute Gasteiger partial charge is 0.0350 e. The lowest BCUT2D eigenvalue weighted by Gasteiger charge is -2.13. The van der Waals surface area contributed by atoms with Crippen LogP contribution in [0, 0.1) is 0 Å². The number of benzene rings is 3. The molecule has 0 saturated heterocycles. The molecular formula is C23H27N3. The van der Waals surface area contributed by atoms with E-state index in [2.05, 4.69) is 50.2 Å². The number of hydrogen-bond donors (Lipinski definition) is 3. The molecule has 0 bridgehead atoms. The van der Waals surface area contributed by atoms with Gasteiger partial charge in [0.15, 0.2) is 0 Å². The predicted molar refractivity (Wildman–Crippen MR) is 112 cm³/mol. The normalized spacial score (nSPS) is 11.0. The molecule has 6 N–H and O–H groups in total. The van der Waals surface area contributed by atoms with Gasteiger partial charge in [0.2, 0.25) is 0 Å². The fraction of sp³-hybridized carbons (Fsp3) is 0.217. The number of nitrogen functional groups attached to an aromatic ring is 3. The maximum absolute atomic E-state index is 6.20. The van der Waals surface area contributed by atoms with Crippen LogP contribution in [-0.2, 0) is 12.8 Å². The molecule has 0 aromatic heterocycles. The molecule has 0 heterocycles. The maximum atomic E-state index is 6.20. The Kier molecular flexibility index (Phi) is 5.17. The first-order chi connectivity index (χ1) is 12.4. The van der Waals surface area contributed by atoms with Crippen LogP contribution in [0.1, 0.15) is 47.6 Å². The highest BCUT2D eigenvalue weighted by Crippen LogP contribution is 2.25. The van der Waals surface area contributed by atoms with Crippen molar-refractivity contribution in [1.82, 2.24) is 0 Å². The summed E-state index contributed by atoms with van der Waals surface area (Å²) < 4.78 is 0. The van der Waals surface area contributed by atoms with Crippen molar-refractivity contribution in [3.63, 3.8) is 0 Å². The lowest BCUT2D eigenvalue weighted by atomic mass is 9.94. The zero-order chi connectivity index (χ0) is 18.7. The van der Waals surface area contributed by atoms with Crippen molar-refractivity contribution in [2.75, 3.05) is 17.2 Å². The van der Waals surface area contributed by atoms with E-state index in [-0.39, 0.29) is 0 Å². The van der Waals surface area contributed by atoms with Gasteiger partial charge in [0, 0.05) is 17.1 Å². The Bertz CT molecular complexity index is 896. The summed E-state index contributed by atoms with van der Waals surface area (Å²) in [6.07, 6.45) is 1.67. The second kappa shape index (κ2) is 7.52. The van der Waals surface area contributed by atoms with Crippen molar-refractivity contribution in [2.24, 2.45) is 0 Å². The molecule has 0 atom stereocenters. The molecule has 0 radical (unpaired) electrons. The van der Waals surface area contributed by atoms with Crippen LogP contribution >= 0.6 is 0 Å². The Hall–Kier alpha value is -2.94. The molecule has 3 aromatic rings. The van der Waals surface area contributed by atoms with Crippen LogP contribution in [0.15, 0.2) is 60.7 Å². The molecule has 0 aliphatic rings. The van der Waals surface area contributed by atoms with Gasteiger partial charge < -0.3 is 17.2 Å². The van der Waals surface area contributed by atoms with Crippen LogP contribution in [0.5, 0.6) is 0 Å². The minimum Gasteiger partial charge on any atom is -0.399 e. The minimum atomic E-state index is 0.419. The Morgan fingerprint density at radius 3 is 1.88 bits per heavy atom. The fourth-order valence-electron chi connectivity index (χ4n) is 3.25. The van der Waals surface area contributed by atoms with Gasteiger partial charge in [-0.15, -0.1) is 0 Å². The van der Waals surface area contributed by atoms with Gasteiger partial charge in [-0.3, -0.25) is 0 Å². The third-order valence-corrected chi connectivity index (χ3v) is 4.76. The van der Waals surface area contributed by atoms with Crippen molar-refractivity contribution < 1.29 is 0 Å². The van der Waals surface area contributed by atoms with E-state index in [1.165, 1.54) is 22.3 Å². The average Bonchev–Trinajstić information content (AvgIpc) is 2.61. The van der Waals surface area contributed by atoms with Crippen LogP contribution in [0.2, 0.25) is 0 Å². The SMILES string of the molecule is CC(C)c1cc(Cc2ccc(N)c(Cc3ccc(N)cc3)c2)ccc1N. The molecule has 0 aliphatic heterocycles. The third-order valence-electron chi connectivity index (χ3n) is 4.76. The van der Waals surface area contributed by atoms with E-state index in [4.69, 9.17) is 17.2 Å². The highest BCUT2D eigenvalue weighted by molar-refractivity contribution is 5.54. The van der Waals surface area contributed by atoms with Crippen LogP contribution in [0.4, 0.5) is 17.1 Å². The summed E-state index contributed by atoms with van der Waals surface area (Å²) >= 11 is 0. The number of hydrogen-bond acceptors (Lipinski definition) is 3. The van der Waals surface area contributed by atoms with E-state index < -0.39 is 0 Å². The molecule has 0 saturated carbocycles. The van der Waals surface area contributed by atoms with E-state index in [9.17, 15) is 0 Å². The summed E-state index contributed by atoms with van der Waals surface area (Å²) in [5.41, 5.74) is 26.6. The number of nitrogens with two attached hydrogens (primary N) is 3. The van der Waals surface area contributed by atoms with Gasteiger partial charge in [-0.25, -0.2) is 0 Å². The van der Waals surface area contributed by atoms with E-state index in [0.29, 0.717) is 5.92 Å². The van der Waals surface area contributed by atoms with Gasteiger partial charge in [0.1, 0.15) is 0 Å². The lowest BCUT2D eigenvalue weighted by Crippen LogP contribution is -2.00. The highest BCUT2D eigenvalue weighted by atomic mass is 14.6. The Balaban J connectivity index is 1.83. The number of rotatable bonds is 5. The maximum Gasteiger partial charge on any atom is 0.0350 e. The summed E-state index contributed by atoms with van der Waals surface area (Å²) in [6, 6.07) is 20.6. The standard InChI is InChI=1S/C23H27N3/c1-15(2)21-14-18(6-10-23(21)26)11-17-5-9-22(25)19(13-17)12-16-3-7-20(24)8-4-16/h3-10,13-15H,11-12,24-26H2,1-2H3. The topological polar surface area (TPSA) is 78.1 Å². The number of anilines is 3. The molecule has 3 heteroatoms. The van der Waals surface area contributed by atoms with Crippen LogP contribution in [0.3, 0.4) is 0 Å². The molecule has 3 aromatic carbocycles. The minimum absolute atomic E-state index is 0.419. The molecule has 3 nitrogen and oxygen atoms in total. The average molecular weight is 345 g/mol. The molecule has 0 unspecified atom stereocenters. The predicted octanol–water partition coefficient (Wildman–Crippen LogP) is 4.74. The van der Waals surface area contributed by atoms with E-state index in [1.54, 1.807) is 0 Å². The lowest BCUT2D eigenvalue weighted by molar-refractivity contribution is 0.866. The third kappa shape index (κ3) is 4.17. The Morgan fingerprint density at radius 2 is 1.23 bits per heavy atom. The molecule has 3 rings (SSSR count). The van der Waals surface area contributed by atoms with Gasteiger partial charge in [-0.2, -0.15) is 0 Å². The largest absolute Gasteiger partial charge is 0.399 e. The van der Waals surface area contributed by atoms with Gasteiger partial charge >= 0.3 is 0 Å². The second-order valence-corrected chi connectivity index (χ2v) is 7.25. The van der Waals surface area contributed by atoms with Crippen LogP contribution < -0.4 is 17.2 Å². The first kappa shape index (κ1) is 17.9. The van der Waals surface area contributed by atoms with Crippen LogP contribution in [0.25, 0.3) is 0 Å². The molecule has 0 fully saturated rings. The van der Waals surface area contributed by atoms with Gasteiger partial charge in [-0.1, -0.05) is 50.2 Å². The van der Waals surface area contributed by atoms with E-state index >= 15 is 0 Å². The van der Waals surface area contributed by atoms with Crippen molar-refractivity contribution in [2.45, 2.75) is 32.6 Å². The Morgan fingerprint density at radius 1 is 0.654 bits per heavy atom. The summed E-state index contributed by atoms with van der Waals surface area (Å²) in [5, 5.41) is 0. The fourth-order valence-corrected chi connectivity index (χ4v) is 3.25. The van der Waals surface area contributed by atoms with Crippen molar-refractivity contribution >= 4 is 17.1 Å². The van der Waals surface area contributed by atoms with Gasteiger partial charge in [0.05, 0.1) is 0 Å². The Labute approximate surface area is 155 Å². The first-order valence-electron chi connectivity index (χ1n) is 9.02. The van der Waals surface area contributed by atoms with Gasteiger partial charge in [-0.05, 0) is 70.8 Å². The van der Waals surface area contributed by atoms with Crippen molar-refractivity contribution in [3.05, 3.63) is 88.5 Å². The van der Waals surface area contributed by atoms with E-state index in [0.717, 1.165) is 35.5 Å². The quantitative estimate of drug-likeness (QED) is 0.585. The van der Waals surface area contributed by atoms with Crippen molar-refractivity contribution in [3.8, 4) is 0 Å². The molecular weight excluding hydrogens is 318 g/mol. The van der Waals surface area contributed by atoms with Crippen molar-refractivity contribution in [1.29, 1.82) is 0 Å².